The number of hydrogen-bond acceptors (Lipinski definition) is 2. The van der Waals surface area contributed by atoms with Crippen LogP contribution in [0.5, 0.6) is 5.75 Å². The van der Waals surface area contributed by atoms with Gasteiger partial charge >= 0.3 is 0 Å². The molecule has 0 saturated heterocycles. The molecule has 1 aromatic carbocycles. The van der Waals surface area contributed by atoms with Crippen molar-refractivity contribution in [2.24, 2.45) is 0 Å². The van der Waals surface area contributed by atoms with Crippen LogP contribution in [0.2, 0.25) is 0 Å². The lowest BCUT2D eigenvalue weighted by atomic mass is 9.96. The average Bonchev–Trinajstić information content (AvgIpc) is 2.16. The fourth-order valence-corrected chi connectivity index (χ4v) is 1.24. The first-order chi connectivity index (χ1) is 6.56. The molecule has 14 heavy (non-hydrogen) atoms. The molecule has 2 unspecified atom stereocenters. The van der Waals surface area contributed by atoms with Crippen molar-refractivity contribution in [2.45, 2.75) is 25.9 Å². The van der Waals surface area contributed by atoms with Crippen LogP contribution in [0.3, 0.4) is 0 Å². The first kappa shape index (κ1) is 11.0. The van der Waals surface area contributed by atoms with Gasteiger partial charge in [-0.05, 0) is 24.6 Å². The summed E-state index contributed by atoms with van der Waals surface area (Å²) >= 11 is 0. The molecule has 1 aromatic rings. The van der Waals surface area contributed by atoms with Crippen LogP contribution in [0.25, 0.3) is 0 Å². The maximum Gasteiger partial charge on any atom is 0.165 e. The minimum absolute atomic E-state index is 0.0737. The summed E-state index contributed by atoms with van der Waals surface area (Å²) in [5.41, 5.74) is 0.776. The van der Waals surface area contributed by atoms with Crippen LogP contribution in [-0.4, -0.2) is 18.3 Å². The highest BCUT2D eigenvalue weighted by molar-refractivity contribution is 5.31. The lowest BCUT2D eigenvalue weighted by Gasteiger charge is -2.15. The number of halogens is 1. The Morgan fingerprint density at radius 3 is 2.43 bits per heavy atom. The van der Waals surface area contributed by atoms with E-state index in [0.29, 0.717) is 0 Å². The van der Waals surface area contributed by atoms with Crippen molar-refractivity contribution >= 4 is 0 Å². The van der Waals surface area contributed by atoms with Crippen molar-refractivity contribution < 1.29 is 14.2 Å². The van der Waals surface area contributed by atoms with Crippen LogP contribution in [0.15, 0.2) is 18.2 Å². The van der Waals surface area contributed by atoms with Crippen molar-refractivity contribution in [1.82, 2.24) is 0 Å². The van der Waals surface area contributed by atoms with E-state index >= 15 is 0 Å². The molecule has 1 rings (SSSR count). The molecule has 0 aliphatic carbocycles. The topological polar surface area (TPSA) is 29.5 Å². The summed E-state index contributed by atoms with van der Waals surface area (Å²) in [6.45, 7) is 3.54. The molecule has 0 aromatic heterocycles. The van der Waals surface area contributed by atoms with E-state index in [9.17, 15) is 9.50 Å². The van der Waals surface area contributed by atoms with Gasteiger partial charge in [0.1, 0.15) is 0 Å². The molecule has 0 radical (unpaired) electrons. The first-order valence-electron chi connectivity index (χ1n) is 4.57. The minimum atomic E-state index is -0.484. The molecule has 2 atom stereocenters. The largest absolute Gasteiger partial charge is 0.494 e. The SMILES string of the molecule is COc1ccc(C(C)C(C)O)cc1F. The fourth-order valence-electron chi connectivity index (χ4n) is 1.24. The lowest BCUT2D eigenvalue weighted by Crippen LogP contribution is -2.11. The van der Waals surface area contributed by atoms with Gasteiger partial charge in [-0.25, -0.2) is 4.39 Å². The Morgan fingerprint density at radius 2 is 2.00 bits per heavy atom. The summed E-state index contributed by atoms with van der Waals surface area (Å²) in [5.74, 6) is -0.237. The molecule has 2 nitrogen and oxygen atoms in total. The third-order valence-electron chi connectivity index (χ3n) is 2.43. The van der Waals surface area contributed by atoms with E-state index in [-0.39, 0.29) is 11.7 Å². The average molecular weight is 198 g/mol. The van der Waals surface area contributed by atoms with Gasteiger partial charge in [0.2, 0.25) is 0 Å². The number of hydrogen-bond donors (Lipinski definition) is 1. The third kappa shape index (κ3) is 2.23. The van der Waals surface area contributed by atoms with Crippen molar-refractivity contribution in [3.8, 4) is 5.75 Å². The van der Waals surface area contributed by atoms with E-state index in [2.05, 4.69) is 0 Å². The Bertz CT molecular complexity index is 310. The van der Waals surface area contributed by atoms with E-state index in [1.807, 2.05) is 6.92 Å². The minimum Gasteiger partial charge on any atom is -0.494 e. The first-order valence-corrected chi connectivity index (χ1v) is 4.57. The molecule has 0 bridgehead atoms. The van der Waals surface area contributed by atoms with Crippen LogP contribution in [-0.2, 0) is 0 Å². The Morgan fingerprint density at radius 1 is 1.36 bits per heavy atom. The molecule has 1 N–H and O–H groups in total. The number of aliphatic hydroxyl groups excluding tert-OH is 1. The van der Waals surface area contributed by atoms with Gasteiger partial charge in [-0.2, -0.15) is 0 Å². The van der Waals surface area contributed by atoms with Crippen molar-refractivity contribution in [1.29, 1.82) is 0 Å². The number of methoxy groups -OCH3 is 1. The Balaban J connectivity index is 2.96. The maximum atomic E-state index is 13.3. The summed E-state index contributed by atoms with van der Waals surface area (Å²) in [4.78, 5) is 0. The van der Waals surface area contributed by atoms with Gasteiger partial charge < -0.3 is 9.84 Å². The Kier molecular flexibility index (Phi) is 3.47. The molecule has 3 heteroatoms. The predicted molar refractivity (Wildman–Crippen MR) is 53.0 cm³/mol. The Hall–Kier alpha value is -1.09. The summed E-state index contributed by atoms with van der Waals surface area (Å²) in [6, 6.07) is 4.74. The summed E-state index contributed by atoms with van der Waals surface area (Å²) < 4.78 is 18.1. The quantitative estimate of drug-likeness (QED) is 0.807. The molecule has 0 heterocycles. The van der Waals surface area contributed by atoms with Gasteiger partial charge in [-0.15, -0.1) is 0 Å². The van der Waals surface area contributed by atoms with E-state index in [1.54, 1.807) is 19.1 Å². The number of ether oxygens (including phenoxy) is 1. The second kappa shape index (κ2) is 4.42. The molecule has 0 saturated carbocycles. The monoisotopic (exact) mass is 198 g/mol. The van der Waals surface area contributed by atoms with E-state index in [0.717, 1.165) is 5.56 Å². The molecule has 0 spiro atoms. The van der Waals surface area contributed by atoms with Crippen LogP contribution in [0.1, 0.15) is 25.3 Å². The van der Waals surface area contributed by atoms with Gasteiger partial charge in [-0.3, -0.25) is 0 Å². The number of aliphatic hydroxyl groups is 1. The van der Waals surface area contributed by atoms with E-state index in [1.165, 1.54) is 13.2 Å². The summed E-state index contributed by atoms with van der Waals surface area (Å²) in [6.07, 6.45) is -0.484. The van der Waals surface area contributed by atoms with Crippen LogP contribution in [0.4, 0.5) is 4.39 Å². The smallest absolute Gasteiger partial charge is 0.165 e. The number of rotatable bonds is 3. The van der Waals surface area contributed by atoms with E-state index in [4.69, 9.17) is 4.74 Å². The van der Waals surface area contributed by atoms with Crippen LogP contribution in [0, 0.1) is 5.82 Å². The zero-order chi connectivity index (χ0) is 10.7. The Labute approximate surface area is 83.3 Å². The van der Waals surface area contributed by atoms with Gasteiger partial charge in [0.25, 0.3) is 0 Å². The summed E-state index contributed by atoms with van der Waals surface area (Å²) in [5, 5.41) is 9.34. The predicted octanol–water partition coefficient (Wildman–Crippen LogP) is 2.32. The van der Waals surface area contributed by atoms with Gasteiger partial charge in [0, 0.05) is 5.92 Å². The van der Waals surface area contributed by atoms with Crippen LogP contribution >= 0.6 is 0 Å². The molecule has 0 amide bonds. The van der Waals surface area contributed by atoms with Crippen molar-refractivity contribution in [3.63, 3.8) is 0 Å². The zero-order valence-electron chi connectivity index (χ0n) is 8.62. The van der Waals surface area contributed by atoms with Gasteiger partial charge in [-0.1, -0.05) is 13.0 Å². The van der Waals surface area contributed by atoms with Crippen molar-refractivity contribution in [3.05, 3.63) is 29.6 Å². The second-order valence-electron chi connectivity index (χ2n) is 3.42. The molecule has 0 fully saturated rings. The molecular weight excluding hydrogens is 183 g/mol. The highest BCUT2D eigenvalue weighted by atomic mass is 19.1. The van der Waals surface area contributed by atoms with Gasteiger partial charge in [0.15, 0.2) is 11.6 Å². The molecule has 0 aliphatic rings. The highest BCUT2D eigenvalue weighted by Crippen LogP contribution is 2.24. The molecular formula is C11H15FO2. The molecule has 78 valence electrons. The summed E-state index contributed by atoms with van der Waals surface area (Å²) in [7, 11) is 1.43. The maximum absolute atomic E-state index is 13.3. The fraction of sp³-hybridized carbons (Fsp3) is 0.455. The highest BCUT2D eigenvalue weighted by Gasteiger charge is 2.13. The number of benzene rings is 1. The van der Waals surface area contributed by atoms with Crippen molar-refractivity contribution in [2.75, 3.05) is 7.11 Å². The third-order valence-corrected chi connectivity index (χ3v) is 2.43. The lowest BCUT2D eigenvalue weighted by molar-refractivity contribution is 0.169. The molecule has 0 aliphatic heterocycles. The van der Waals surface area contributed by atoms with Crippen LogP contribution < -0.4 is 4.74 Å². The van der Waals surface area contributed by atoms with Gasteiger partial charge in [0.05, 0.1) is 13.2 Å². The van der Waals surface area contributed by atoms with E-state index < -0.39 is 11.9 Å². The standard InChI is InChI=1S/C11H15FO2/c1-7(8(2)13)9-4-5-11(14-3)10(12)6-9/h4-8,13H,1-3H3. The normalized spacial score (nSPS) is 14.9. The zero-order valence-corrected chi connectivity index (χ0v) is 8.62. The second-order valence-corrected chi connectivity index (χ2v) is 3.42.